The van der Waals surface area contributed by atoms with E-state index >= 15 is 0 Å². The number of pyridine rings is 1. The number of carbonyl (C=O) groups is 1. The van der Waals surface area contributed by atoms with E-state index < -0.39 is 5.97 Å². The highest BCUT2D eigenvalue weighted by Gasteiger charge is 2.36. The van der Waals surface area contributed by atoms with Gasteiger partial charge in [-0.1, -0.05) is 0 Å². The zero-order valence-electron chi connectivity index (χ0n) is 10.3. The molecule has 0 aromatic carbocycles. The summed E-state index contributed by atoms with van der Waals surface area (Å²) >= 11 is 0. The zero-order valence-corrected chi connectivity index (χ0v) is 10.3. The van der Waals surface area contributed by atoms with Gasteiger partial charge in [0.05, 0.1) is 12.3 Å². The molecule has 18 heavy (non-hydrogen) atoms. The first-order chi connectivity index (χ1) is 8.57. The largest absolute Gasteiger partial charge is 0.491 e. The summed E-state index contributed by atoms with van der Waals surface area (Å²) in [5.41, 5.74) is 2.01. The summed E-state index contributed by atoms with van der Waals surface area (Å²) in [4.78, 5) is 15.2. The van der Waals surface area contributed by atoms with E-state index in [1.54, 1.807) is 6.07 Å². The molecule has 1 aliphatic carbocycles. The van der Waals surface area contributed by atoms with Crippen molar-refractivity contribution >= 4 is 5.97 Å². The fourth-order valence-corrected chi connectivity index (χ4v) is 2.15. The number of nitrogens with one attached hydrogen (secondary N) is 1. The van der Waals surface area contributed by atoms with Crippen LogP contribution in [0.5, 0.6) is 5.75 Å². The number of fused-ring (bicyclic) bond motifs is 1. The normalized spacial score (nSPS) is 19.2. The fourth-order valence-electron chi connectivity index (χ4n) is 2.15. The van der Waals surface area contributed by atoms with Crippen LogP contribution in [0.15, 0.2) is 6.07 Å². The molecule has 1 aromatic heterocycles. The maximum atomic E-state index is 11.0. The van der Waals surface area contributed by atoms with Crippen molar-refractivity contribution < 1.29 is 14.6 Å². The van der Waals surface area contributed by atoms with E-state index in [1.165, 1.54) is 12.8 Å². The lowest BCUT2D eigenvalue weighted by Gasteiger charge is -2.14. The molecule has 1 aliphatic heterocycles. The molecule has 0 unspecified atom stereocenters. The Morgan fingerprint density at radius 1 is 1.61 bits per heavy atom. The van der Waals surface area contributed by atoms with Gasteiger partial charge in [-0.3, -0.25) is 0 Å². The second-order valence-electron chi connectivity index (χ2n) is 5.26. The van der Waals surface area contributed by atoms with Gasteiger partial charge < -0.3 is 15.2 Å². The number of nitrogens with zero attached hydrogens (tertiary/aromatic N) is 1. The number of carboxylic acids is 1. The average Bonchev–Trinajstić information content (AvgIpc) is 2.90. The van der Waals surface area contributed by atoms with E-state index in [0.717, 1.165) is 17.0 Å². The van der Waals surface area contributed by atoms with E-state index in [1.807, 2.05) is 0 Å². The molecule has 0 spiro atoms. The lowest BCUT2D eigenvalue weighted by molar-refractivity contribution is 0.0690. The summed E-state index contributed by atoms with van der Waals surface area (Å²) in [6.45, 7) is 3.41. The SMILES string of the molecule is CC1(NCc2cc(C(=O)O)nc3c2OCC3)CC1. The quantitative estimate of drug-likeness (QED) is 0.841. The van der Waals surface area contributed by atoms with Gasteiger partial charge in [-0.25, -0.2) is 9.78 Å². The van der Waals surface area contributed by atoms with Crippen LogP contribution in [0.25, 0.3) is 0 Å². The van der Waals surface area contributed by atoms with Crippen LogP contribution in [0.1, 0.15) is 41.5 Å². The van der Waals surface area contributed by atoms with Crippen molar-refractivity contribution in [2.75, 3.05) is 6.61 Å². The van der Waals surface area contributed by atoms with Gasteiger partial charge >= 0.3 is 5.97 Å². The molecule has 2 aliphatic rings. The molecule has 0 radical (unpaired) electrons. The maximum Gasteiger partial charge on any atom is 0.354 e. The van der Waals surface area contributed by atoms with Crippen LogP contribution < -0.4 is 10.1 Å². The number of rotatable bonds is 4. The van der Waals surface area contributed by atoms with Gasteiger partial charge in [0.2, 0.25) is 0 Å². The molecule has 1 aromatic rings. The Morgan fingerprint density at radius 3 is 3.06 bits per heavy atom. The molecule has 2 heterocycles. The molecule has 1 saturated carbocycles. The van der Waals surface area contributed by atoms with Gasteiger partial charge in [-0.2, -0.15) is 0 Å². The maximum absolute atomic E-state index is 11.0. The van der Waals surface area contributed by atoms with E-state index in [2.05, 4.69) is 17.2 Å². The van der Waals surface area contributed by atoms with Crippen molar-refractivity contribution in [2.24, 2.45) is 0 Å². The van der Waals surface area contributed by atoms with E-state index in [4.69, 9.17) is 9.84 Å². The molecular weight excluding hydrogens is 232 g/mol. The van der Waals surface area contributed by atoms with Crippen LogP contribution >= 0.6 is 0 Å². The summed E-state index contributed by atoms with van der Waals surface area (Å²) in [7, 11) is 0. The summed E-state index contributed by atoms with van der Waals surface area (Å²) in [5.74, 6) is -0.208. The molecule has 0 bridgehead atoms. The van der Waals surface area contributed by atoms with E-state index in [9.17, 15) is 4.79 Å². The Kier molecular flexibility index (Phi) is 2.52. The first-order valence-electron chi connectivity index (χ1n) is 6.21. The minimum atomic E-state index is -0.983. The Hall–Kier alpha value is -1.62. The van der Waals surface area contributed by atoms with Crippen molar-refractivity contribution in [3.63, 3.8) is 0 Å². The fraction of sp³-hybridized carbons (Fsp3) is 0.538. The van der Waals surface area contributed by atoms with Crippen LogP contribution in [-0.2, 0) is 13.0 Å². The molecule has 96 valence electrons. The summed E-state index contributed by atoms with van der Waals surface area (Å²) in [6, 6.07) is 1.62. The molecule has 1 fully saturated rings. The number of hydrogen-bond acceptors (Lipinski definition) is 4. The summed E-state index contributed by atoms with van der Waals surface area (Å²) in [6.07, 6.45) is 3.04. The smallest absolute Gasteiger partial charge is 0.354 e. The first-order valence-corrected chi connectivity index (χ1v) is 6.21. The van der Waals surface area contributed by atoms with Crippen molar-refractivity contribution in [1.82, 2.24) is 10.3 Å². The van der Waals surface area contributed by atoms with Gasteiger partial charge in [0, 0.05) is 24.1 Å². The number of hydrogen-bond donors (Lipinski definition) is 2. The first kappa shape index (κ1) is 11.5. The number of aromatic carboxylic acids is 1. The Balaban J connectivity index is 1.88. The summed E-state index contributed by atoms with van der Waals surface area (Å²) in [5, 5.41) is 12.5. The third kappa shape index (κ3) is 2.06. The molecular formula is C13H16N2O3. The highest BCUT2D eigenvalue weighted by atomic mass is 16.5. The van der Waals surface area contributed by atoms with Crippen molar-refractivity contribution in [1.29, 1.82) is 0 Å². The lowest BCUT2D eigenvalue weighted by Crippen LogP contribution is -2.27. The van der Waals surface area contributed by atoms with Gasteiger partial charge in [0.1, 0.15) is 11.4 Å². The van der Waals surface area contributed by atoms with Crippen LogP contribution in [0, 0.1) is 0 Å². The van der Waals surface area contributed by atoms with E-state index in [-0.39, 0.29) is 11.2 Å². The highest BCUT2D eigenvalue weighted by Crippen LogP contribution is 2.36. The lowest BCUT2D eigenvalue weighted by atomic mass is 10.1. The van der Waals surface area contributed by atoms with Crippen molar-refractivity contribution in [3.05, 3.63) is 23.0 Å². The van der Waals surface area contributed by atoms with E-state index in [0.29, 0.717) is 19.6 Å². The third-order valence-electron chi connectivity index (χ3n) is 3.63. The number of carboxylic acid groups (broad SMARTS) is 1. The highest BCUT2D eigenvalue weighted by molar-refractivity contribution is 5.86. The van der Waals surface area contributed by atoms with Crippen molar-refractivity contribution in [2.45, 2.75) is 38.3 Å². The van der Waals surface area contributed by atoms with Crippen LogP contribution in [0.3, 0.4) is 0 Å². The second kappa shape index (κ2) is 3.95. The number of ether oxygens (including phenoxy) is 1. The minimum Gasteiger partial charge on any atom is -0.491 e. The standard InChI is InChI=1S/C13H16N2O3/c1-13(3-4-13)14-7-8-6-10(12(16)17)15-9-2-5-18-11(8)9/h6,14H,2-5,7H2,1H3,(H,16,17). The predicted molar refractivity (Wildman–Crippen MR) is 64.9 cm³/mol. The molecule has 2 N–H and O–H groups in total. The van der Waals surface area contributed by atoms with Gasteiger partial charge in [0.15, 0.2) is 0 Å². The van der Waals surface area contributed by atoms with Crippen LogP contribution in [0.2, 0.25) is 0 Å². The monoisotopic (exact) mass is 248 g/mol. The second-order valence-corrected chi connectivity index (χ2v) is 5.26. The van der Waals surface area contributed by atoms with Gasteiger partial charge in [-0.15, -0.1) is 0 Å². The topological polar surface area (TPSA) is 71.5 Å². The molecule has 5 heteroatoms. The van der Waals surface area contributed by atoms with Gasteiger partial charge in [0.25, 0.3) is 0 Å². The summed E-state index contributed by atoms with van der Waals surface area (Å²) < 4.78 is 5.55. The van der Waals surface area contributed by atoms with Crippen LogP contribution in [-0.4, -0.2) is 28.2 Å². The molecule has 0 amide bonds. The Labute approximate surface area is 105 Å². The minimum absolute atomic E-state index is 0.108. The average molecular weight is 248 g/mol. The van der Waals surface area contributed by atoms with Crippen molar-refractivity contribution in [3.8, 4) is 5.75 Å². The zero-order chi connectivity index (χ0) is 12.8. The molecule has 3 rings (SSSR count). The Bertz CT molecular complexity index is 509. The molecule has 0 atom stereocenters. The Morgan fingerprint density at radius 2 is 2.39 bits per heavy atom. The number of aromatic nitrogens is 1. The van der Waals surface area contributed by atoms with Gasteiger partial charge in [-0.05, 0) is 25.8 Å². The molecule has 0 saturated heterocycles. The van der Waals surface area contributed by atoms with Crippen LogP contribution in [0.4, 0.5) is 0 Å². The molecule has 5 nitrogen and oxygen atoms in total. The third-order valence-corrected chi connectivity index (χ3v) is 3.63. The predicted octanol–water partition coefficient (Wildman–Crippen LogP) is 1.36.